The van der Waals surface area contributed by atoms with Crippen LogP contribution in [0.15, 0.2) is 24.3 Å². The Kier molecular flexibility index (Phi) is 5.52. The van der Waals surface area contributed by atoms with E-state index in [0.29, 0.717) is 6.54 Å². The average molecular weight is 279 g/mol. The minimum Gasteiger partial charge on any atom is -0.443 e. The van der Waals surface area contributed by atoms with E-state index in [1.807, 2.05) is 12.1 Å². The molecule has 0 aliphatic carbocycles. The molecule has 1 rings (SSSR count). The zero-order valence-electron chi connectivity index (χ0n) is 12.2. The van der Waals surface area contributed by atoms with E-state index in [1.165, 1.54) is 6.92 Å². The molecule has 0 atom stereocenters. The summed E-state index contributed by atoms with van der Waals surface area (Å²) < 4.78 is 5.08. The van der Waals surface area contributed by atoms with Gasteiger partial charge in [0.25, 0.3) is 0 Å². The van der Waals surface area contributed by atoms with Crippen molar-refractivity contribution in [3.05, 3.63) is 29.8 Å². The predicted octanol–water partition coefficient (Wildman–Crippen LogP) is 2.17. The fourth-order valence-corrected chi connectivity index (χ4v) is 1.43. The predicted molar refractivity (Wildman–Crippen MR) is 77.0 cm³/mol. The number of rotatable bonds is 4. The summed E-state index contributed by atoms with van der Waals surface area (Å²) in [7, 11) is 0. The summed E-state index contributed by atoms with van der Waals surface area (Å²) in [6.07, 6.45) is -0.521. The van der Waals surface area contributed by atoms with Crippen molar-refractivity contribution in [2.45, 2.75) is 39.8 Å². The summed E-state index contributed by atoms with van der Waals surface area (Å²) in [4.78, 5) is 22.3. The highest BCUT2D eigenvalue weighted by molar-refractivity contribution is 5.88. The lowest BCUT2D eigenvalue weighted by Crippen LogP contribution is -2.40. The van der Waals surface area contributed by atoms with Gasteiger partial charge in [0.05, 0.1) is 0 Å². The second kappa shape index (κ2) is 6.91. The first kappa shape index (κ1) is 16.0. The topological polar surface area (TPSA) is 79.5 Å². The molecule has 0 unspecified atom stereocenters. The van der Waals surface area contributed by atoms with E-state index < -0.39 is 11.7 Å². The number of hydrogen-bond donors (Lipinski definition) is 3. The Labute approximate surface area is 118 Å². The van der Waals surface area contributed by atoms with Crippen LogP contribution in [0.25, 0.3) is 0 Å². The van der Waals surface area contributed by atoms with Crippen LogP contribution in [-0.2, 0) is 16.1 Å². The largest absolute Gasteiger partial charge is 0.443 e. The molecule has 0 saturated heterocycles. The van der Waals surface area contributed by atoms with E-state index in [0.717, 1.165) is 11.3 Å². The Bertz CT molecular complexity index is 464. The Morgan fingerprint density at radius 3 is 2.25 bits per heavy atom. The molecule has 1 aromatic carbocycles. The highest BCUT2D eigenvalue weighted by Crippen LogP contribution is 2.09. The number of hydrazine groups is 1. The molecule has 3 N–H and O–H groups in total. The van der Waals surface area contributed by atoms with Gasteiger partial charge < -0.3 is 10.1 Å². The van der Waals surface area contributed by atoms with Crippen molar-refractivity contribution in [2.75, 3.05) is 5.32 Å². The lowest BCUT2D eigenvalue weighted by Gasteiger charge is -2.19. The molecule has 6 heteroatoms. The minimum absolute atomic E-state index is 0.109. The smallest absolute Gasteiger partial charge is 0.422 e. The molecule has 1 aromatic rings. The summed E-state index contributed by atoms with van der Waals surface area (Å²) in [5.41, 5.74) is 6.41. The molecular formula is C14H21N3O3. The van der Waals surface area contributed by atoms with Crippen LogP contribution >= 0.6 is 0 Å². The van der Waals surface area contributed by atoms with E-state index in [1.54, 1.807) is 32.9 Å². The molecule has 20 heavy (non-hydrogen) atoms. The SMILES string of the molecule is CC(=O)Nc1ccc(CNNC(=O)OC(C)(C)C)cc1. The van der Waals surface area contributed by atoms with Crippen molar-refractivity contribution in [3.63, 3.8) is 0 Å². The summed E-state index contributed by atoms with van der Waals surface area (Å²) in [5.74, 6) is -0.109. The first-order valence-electron chi connectivity index (χ1n) is 6.34. The molecule has 0 bridgehead atoms. The molecule has 0 spiro atoms. The summed E-state index contributed by atoms with van der Waals surface area (Å²) >= 11 is 0. The van der Waals surface area contributed by atoms with Crippen LogP contribution in [0.3, 0.4) is 0 Å². The summed E-state index contributed by atoms with van der Waals surface area (Å²) in [5, 5.41) is 2.68. The summed E-state index contributed by atoms with van der Waals surface area (Å²) in [6.45, 7) is 7.31. The second-order valence-electron chi connectivity index (χ2n) is 5.36. The van der Waals surface area contributed by atoms with Crippen LogP contribution < -0.4 is 16.2 Å². The van der Waals surface area contributed by atoms with Gasteiger partial charge in [-0.15, -0.1) is 0 Å². The molecule has 0 fully saturated rings. The maximum absolute atomic E-state index is 11.4. The number of benzene rings is 1. The Morgan fingerprint density at radius 1 is 1.15 bits per heavy atom. The number of ether oxygens (including phenoxy) is 1. The third-order valence-electron chi connectivity index (χ3n) is 2.16. The van der Waals surface area contributed by atoms with Crippen LogP contribution in [0.4, 0.5) is 10.5 Å². The van der Waals surface area contributed by atoms with Gasteiger partial charge in [-0.25, -0.2) is 10.2 Å². The van der Waals surface area contributed by atoms with Crippen LogP contribution in [-0.4, -0.2) is 17.6 Å². The maximum atomic E-state index is 11.4. The van der Waals surface area contributed by atoms with Crippen LogP contribution in [0.1, 0.15) is 33.3 Å². The number of nitrogens with one attached hydrogen (secondary N) is 3. The third kappa shape index (κ3) is 6.75. The lowest BCUT2D eigenvalue weighted by atomic mass is 10.2. The highest BCUT2D eigenvalue weighted by atomic mass is 16.6. The van der Waals surface area contributed by atoms with Gasteiger partial charge in [0.15, 0.2) is 0 Å². The van der Waals surface area contributed by atoms with E-state index in [2.05, 4.69) is 16.2 Å². The van der Waals surface area contributed by atoms with Crippen molar-refractivity contribution in [1.82, 2.24) is 10.9 Å². The Morgan fingerprint density at radius 2 is 1.75 bits per heavy atom. The fourth-order valence-electron chi connectivity index (χ4n) is 1.43. The van der Waals surface area contributed by atoms with Crippen molar-refractivity contribution in [1.29, 1.82) is 0 Å². The van der Waals surface area contributed by atoms with E-state index in [4.69, 9.17) is 4.74 Å². The molecule has 2 amide bonds. The van der Waals surface area contributed by atoms with Crippen molar-refractivity contribution in [3.8, 4) is 0 Å². The van der Waals surface area contributed by atoms with E-state index in [-0.39, 0.29) is 5.91 Å². The van der Waals surface area contributed by atoms with Gasteiger partial charge in [-0.05, 0) is 38.5 Å². The first-order chi connectivity index (χ1) is 9.26. The quantitative estimate of drug-likeness (QED) is 0.738. The number of amides is 2. The normalized spacial score (nSPS) is 10.8. The highest BCUT2D eigenvalue weighted by Gasteiger charge is 2.15. The van der Waals surface area contributed by atoms with Gasteiger partial charge >= 0.3 is 6.09 Å². The van der Waals surface area contributed by atoms with Gasteiger partial charge in [-0.1, -0.05) is 12.1 Å². The first-order valence-corrected chi connectivity index (χ1v) is 6.34. The summed E-state index contributed by atoms with van der Waals surface area (Å²) in [6, 6.07) is 7.31. The Balaban J connectivity index is 2.35. The lowest BCUT2D eigenvalue weighted by molar-refractivity contribution is -0.114. The Hall–Kier alpha value is -2.08. The van der Waals surface area contributed by atoms with Gasteiger partial charge in [0, 0.05) is 19.2 Å². The monoisotopic (exact) mass is 279 g/mol. The van der Waals surface area contributed by atoms with Crippen LogP contribution in [0.5, 0.6) is 0 Å². The van der Waals surface area contributed by atoms with Gasteiger partial charge in [0.1, 0.15) is 5.60 Å². The molecule has 6 nitrogen and oxygen atoms in total. The fraction of sp³-hybridized carbons (Fsp3) is 0.429. The maximum Gasteiger partial charge on any atom is 0.422 e. The van der Waals surface area contributed by atoms with E-state index >= 15 is 0 Å². The van der Waals surface area contributed by atoms with Crippen LogP contribution in [0.2, 0.25) is 0 Å². The zero-order chi connectivity index (χ0) is 15.2. The molecule has 0 heterocycles. The van der Waals surface area contributed by atoms with Crippen molar-refractivity contribution in [2.24, 2.45) is 0 Å². The van der Waals surface area contributed by atoms with Gasteiger partial charge in [-0.3, -0.25) is 10.2 Å². The molecule has 0 radical (unpaired) electrons. The minimum atomic E-state index is -0.522. The molecule has 0 aromatic heterocycles. The van der Waals surface area contributed by atoms with Crippen LogP contribution in [0, 0.1) is 0 Å². The molecular weight excluding hydrogens is 258 g/mol. The molecule has 0 aliphatic heterocycles. The van der Waals surface area contributed by atoms with Crippen molar-refractivity contribution < 1.29 is 14.3 Å². The number of carbonyl (C=O) groups is 2. The molecule has 0 aliphatic rings. The molecule has 110 valence electrons. The number of carbonyl (C=O) groups excluding carboxylic acids is 2. The van der Waals surface area contributed by atoms with Crippen molar-refractivity contribution >= 4 is 17.7 Å². The van der Waals surface area contributed by atoms with Gasteiger partial charge in [-0.2, -0.15) is 0 Å². The number of hydrogen-bond acceptors (Lipinski definition) is 4. The number of anilines is 1. The third-order valence-corrected chi connectivity index (χ3v) is 2.16. The standard InChI is InChI=1S/C14H21N3O3/c1-10(18)16-12-7-5-11(6-8-12)9-15-17-13(19)20-14(2,3)4/h5-8,15H,9H2,1-4H3,(H,16,18)(H,17,19). The average Bonchev–Trinajstić information content (AvgIpc) is 2.28. The molecule has 0 saturated carbocycles. The van der Waals surface area contributed by atoms with Gasteiger partial charge in [0.2, 0.25) is 5.91 Å². The van der Waals surface area contributed by atoms with E-state index in [9.17, 15) is 9.59 Å². The zero-order valence-corrected chi connectivity index (χ0v) is 12.2. The second-order valence-corrected chi connectivity index (χ2v) is 5.36.